The molecule has 0 atom stereocenters. The Labute approximate surface area is 195 Å². The van der Waals surface area contributed by atoms with Crippen molar-refractivity contribution in [3.05, 3.63) is 101 Å². The predicted molar refractivity (Wildman–Crippen MR) is 126 cm³/mol. The van der Waals surface area contributed by atoms with Crippen LogP contribution in [0.25, 0.3) is 21.8 Å². The number of carbonyl (C=O) groups is 2. The Morgan fingerprint density at radius 3 is 1.57 bits per heavy atom. The van der Waals surface area contributed by atoms with Crippen LogP contribution in [0.15, 0.2) is 58.4 Å². The number of nitro benzene ring substituents is 2. The summed E-state index contributed by atoms with van der Waals surface area (Å²) < 4.78 is 0. The average molecular weight is 482 g/mol. The van der Waals surface area contributed by atoms with Gasteiger partial charge in [-0.25, -0.2) is 4.79 Å². The maximum absolute atomic E-state index is 11.9. The molecule has 2 aromatic carbocycles. The van der Waals surface area contributed by atoms with E-state index in [0.29, 0.717) is 0 Å². The summed E-state index contributed by atoms with van der Waals surface area (Å²) in [5, 5.41) is 30.4. The molecule has 0 unspecified atom stereocenters. The summed E-state index contributed by atoms with van der Waals surface area (Å²) in [6, 6.07) is 8.08. The molecule has 4 rings (SSSR count). The van der Waals surface area contributed by atoms with E-state index in [1.807, 2.05) is 0 Å². The first-order valence-electron chi connectivity index (χ1n) is 9.36. The molecule has 0 radical (unpaired) electrons. The first kappa shape index (κ1) is 26.1. The maximum atomic E-state index is 11.9. The number of hydrogen-bond donors (Lipinski definition) is 3. The van der Waals surface area contributed by atoms with Crippen molar-refractivity contribution in [2.45, 2.75) is 14.4 Å². The summed E-state index contributed by atoms with van der Waals surface area (Å²) in [6.07, 6.45) is 2.17. The number of para-hydroxylation sites is 2. The predicted octanol–water partition coefficient (Wildman–Crippen LogP) is 3.41. The van der Waals surface area contributed by atoms with Gasteiger partial charge in [-0.15, -0.1) is 0 Å². The molecule has 0 aliphatic heterocycles. The summed E-state index contributed by atoms with van der Waals surface area (Å²) in [5.41, 5.74) is -1.98. The highest BCUT2D eigenvalue weighted by atomic mass is 16.6. The van der Waals surface area contributed by atoms with E-state index in [1.54, 1.807) is 0 Å². The minimum absolute atomic E-state index is 0. The van der Waals surface area contributed by atoms with Crippen molar-refractivity contribution in [3.8, 4) is 0 Å². The van der Waals surface area contributed by atoms with E-state index in [2.05, 4.69) is 9.97 Å². The van der Waals surface area contributed by atoms with Gasteiger partial charge in [0.05, 0.1) is 26.2 Å². The number of ketones is 1. The van der Waals surface area contributed by atoms with Crippen LogP contribution in [-0.4, -0.2) is 36.7 Å². The fourth-order valence-electron chi connectivity index (χ4n) is 3.20. The summed E-state index contributed by atoms with van der Waals surface area (Å²) in [6.45, 7) is 1.27. The zero-order chi connectivity index (χ0) is 25.2. The fourth-order valence-corrected chi connectivity index (χ4v) is 3.20. The Balaban J connectivity index is 0.000000240. The van der Waals surface area contributed by atoms with Crippen molar-refractivity contribution in [1.82, 2.24) is 9.97 Å². The second-order valence-corrected chi connectivity index (χ2v) is 6.84. The van der Waals surface area contributed by atoms with Gasteiger partial charge in [-0.1, -0.05) is 19.6 Å². The van der Waals surface area contributed by atoms with E-state index in [1.165, 1.54) is 49.5 Å². The molecule has 0 saturated carbocycles. The number of hydrogen-bond acceptors (Lipinski definition) is 8. The Bertz CT molecular complexity index is 1500. The van der Waals surface area contributed by atoms with Crippen LogP contribution in [0.4, 0.5) is 11.4 Å². The molecule has 0 aliphatic rings. The number of carboxylic acids is 1. The van der Waals surface area contributed by atoms with Crippen molar-refractivity contribution in [2.24, 2.45) is 0 Å². The van der Waals surface area contributed by atoms with Crippen molar-refractivity contribution >= 4 is 44.9 Å². The Hall–Kier alpha value is -5.20. The quantitative estimate of drug-likeness (QED) is 0.221. The number of non-ortho nitro benzene ring substituents is 2. The smallest absolute Gasteiger partial charge is 0.341 e. The fraction of sp³-hybridized carbons (Fsp3) is 0.0909. The van der Waals surface area contributed by atoms with Crippen molar-refractivity contribution in [1.29, 1.82) is 0 Å². The van der Waals surface area contributed by atoms with Gasteiger partial charge in [0.1, 0.15) is 16.6 Å². The van der Waals surface area contributed by atoms with Crippen LogP contribution >= 0.6 is 0 Å². The molecule has 180 valence electrons. The highest BCUT2D eigenvalue weighted by Crippen LogP contribution is 2.22. The van der Waals surface area contributed by atoms with Gasteiger partial charge in [0.2, 0.25) is 5.43 Å². The summed E-state index contributed by atoms with van der Waals surface area (Å²) in [7, 11) is 0. The number of aromatic amines is 2. The van der Waals surface area contributed by atoms with Crippen molar-refractivity contribution < 1.29 is 24.5 Å². The van der Waals surface area contributed by atoms with Gasteiger partial charge in [0.25, 0.3) is 11.4 Å². The van der Waals surface area contributed by atoms with Crippen molar-refractivity contribution in [2.75, 3.05) is 0 Å². The van der Waals surface area contributed by atoms with Crippen molar-refractivity contribution in [3.63, 3.8) is 0 Å². The molecule has 0 spiro atoms. The lowest BCUT2D eigenvalue weighted by Gasteiger charge is -2.01. The lowest BCUT2D eigenvalue weighted by Crippen LogP contribution is -2.15. The van der Waals surface area contributed by atoms with Crippen LogP contribution in [0.1, 0.15) is 35.1 Å². The molecule has 35 heavy (non-hydrogen) atoms. The maximum Gasteiger partial charge on any atom is 0.341 e. The normalized spacial score (nSPS) is 10.1. The van der Waals surface area contributed by atoms with E-state index in [-0.39, 0.29) is 52.0 Å². The molecule has 0 saturated heterocycles. The van der Waals surface area contributed by atoms with Gasteiger partial charge in [-0.05, 0) is 19.1 Å². The van der Waals surface area contributed by atoms with Crippen LogP contribution in [0.2, 0.25) is 0 Å². The third-order valence-electron chi connectivity index (χ3n) is 4.79. The third-order valence-corrected chi connectivity index (χ3v) is 4.79. The zero-order valence-electron chi connectivity index (χ0n) is 17.2. The lowest BCUT2D eigenvalue weighted by atomic mass is 10.1. The Morgan fingerprint density at radius 1 is 0.800 bits per heavy atom. The summed E-state index contributed by atoms with van der Waals surface area (Å²) in [4.78, 5) is 70.9. The number of nitro groups is 2. The number of aromatic carboxylic acids is 1. The molecule has 2 heterocycles. The number of nitrogens with one attached hydrogen (secondary N) is 2. The van der Waals surface area contributed by atoms with Crippen LogP contribution in [-0.2, 0) is 0 Å². The van der Waals surface area contributed by atoms with Crippen LogP contribution in [0.3, 0.4) is 0 Å². The third kappa shape index (κ3) is 4.93. The number of nitrogens with zero attached hydrogens (tertiary/aromatic N) is 2. The zero-order valence-corrected chi connectivity index (χ0v) is 17.2. The minimum atomic E-state index is -1.38. The standard InChI is InChI=1S/C11H8N2O4.C10H6N2O5.CH4/c1-6(14)8-5-12-10-7(11(8)15)3-2-4-9(10)13(16)17;13-9-5-2-1-3-7(12(16)17)8(5)11-4-6(9)10(14)15;/h2-5H,1H3,(H,12,15);1-4H,(H,11,13)(H,14,15);1H4. The topological polar surface area (TPSA) is 206 Å². The number of fused-ring (bicyclic) bond motifs is 2. The summed E-state index contributed by atoms with van der Waals surface area (Å²) in [5.74, 6) is -1.75. The van der Waals surface area contributed by atoms with E-state index in [9.17, 15) is 39.4 Å². The van der Waals surface area contributed by atoms with Crippen LogP contribution in [0, 0.1) is 20.2 Å². The number of benzene rings is 2. The van der Waals surface area contributed by atoms with Gasteiger partial charge in [-0.3, -0.25) is 34.6 Å². The number of carbonyl (C=O) groups excluding carboxylic acids is 1. The number of pyridine rings is 2. The number of aromatic nitrogens is 2. The lowest BCUT2D eigenvalue weighted by molar-refractivity contribution is -0.383. The van der Waals surface area contributed by atoms with Crippen LogP contribution in [0.5, 0.6) is 0 Å². The summed E-state index contributed by atoms with van der Waals surface area (Å²) >= 11 is 0. The van der Waals surface area contributed by atoms with E-state index < -0.39 is 32.2 Å². The number of carboxylic acid groups (broad SMARTS) is 1. The Morgan fingerprint density at radius 2 is 1.20 bits per heavy atom. The molecular weight excluding hydrogens is 464 g/mol. The van der Waals surface area contributed by atoms with Crippen LogP contribution < -0.4 is 10.9 Å². The second kappa shape index (κ2) is 10.2. The average Bonchev–Trinajstić information content (AvgIpc) is 2.78. The monoisotopic (exact) mass is 482 g/mol. The van der Waals surface area contributed by atoms with E-state index >= 15 is 0 Å². The van der Waals surface area contributed by atoms with Gasteiger partial charge in [0.15, 0.2) is 11.2 Å². The largest absolute Gasteiger partial charge is 0.477 e. The van der Waals surface area contributed by atoms with Gasteiger partial charge < -0.3 is 15.1 Å². The van der Waals surface area contributed by atoms with E-state index in [0.717, 1.165) is 6.20 Å². The number of Topliss-reactive ketones (excluding diaryl/α,β-unsaturated/α-hetero) is 1. The highest BCUT2D eigenvalue weighted by molar-refractivity contribution is 5.98. The minimum Gasteiger partial charge on any atom is -0.477 e. The molecule has 0 bridgehead atoms. The van der Waals surface area contributed by atoms with E-state index in [4.69, 9.17) is 5.11 Å². The highest BCUT2D eigenvalue weighted by Gasteiger charge is 2.18. The molecular formula is C22H18N4O9. The first-order chi connectivity index (χ1) is 16.0. The molecule has 13 nitrogen and oxygen atoms in total. The molecule has 4 aromatic rings. The number of H-pyrrole nitrogens is 2. The first-order valence-corrected chi connectivity index (χ1v) is 9.36. The molecule has 13 heteroatoms. The Kier molecular flexibility index (Phi) is 7.57. The van der Waals surface area contributed by atoms with Gasteiger partial charge in [0, 0.05) is 24.5 Å². The number of rotatable bonds is 4. The SMILES string of the molecule is C.CC(=O)c1c[nH]c2c([N+](=O)[O-])cccc2c1=O.O=C(O)c1c[nH]c2c([N+](=O)[O-])cccc2c1=O. The molecule has 0 aliphatic carbocycles. The van der Waals surface area contributed by atoms with Gasteiger partial charge >= 0.3 is 5.97 Å². The molecule has 3 N–H and O–H groups in total. The molecule has 0 amide bonds. The molecule has 2 aromatic heterocycles. The van der Waals surface area contributed by atoms with Gasteiger partial charge in [-0.2, -0.15) is 0 Å². The second-order valence-electron chi connectivity index (χ2n) is 6.84. The molecule has 0 fully saturated rings.